The molecule has 5 fully saturated rings. The first-order chi connectivity index (χ1) is 71.6. The fraction of sp³-hybridized carbons (Fsp3) is 0.381. The topological polar surface area (TPSA) is 337 Å². The number of nitrogens with zero attached hydrogens (tertiary/aromatic N) is 29. The maximum Gasteiger partial charge on any atom is 0.271 e. The molecule has 0 radical (unpaired) electrons. The SMILES string of the molecule is CC1=NC2C=C(c3cc(=O)n4cc(C5CCN(C)CC5)ccc4n3)C=C[N+]2=C1.CCN1CCC(c2ccc3nc(C4=CC5N=C(C)C=[N+]5C=C4)cc(=O)n3c2)CC1.Cc1cn2nc(-c3cc(=O)n4cc(N5CCN(C)[C@@H](C)C5)cc(C)c4n3)cc2c(C)n1.Cc1cn2nc(-c3cc(=O)n4cc(N5CCN[C@@H](C)C5)cc(C)c4n3)cc2c(C)n1.Cc1cn2nc(-c3cc(=O)n4cc(N5C[C@@H](C)N[C@@H](C)C5)cc(C)c4n3)cc2c(C)n1. The van der Waals surface area contributed by atoms with Crippen molar-refractivity contribution >= 4 is 96.8 Å². The van der Waals surface area contributed by atoms with Gasteiger partial charge in [-0.2, -0.15) is 24.4 Å². The van der Waals surface area contributed by atoms with Crippen LogP contribution in [0.25, 0.3) is 90.1 Å². The van der Waals surface area contributed by atoms with Crippen LogP contribution in [0.5, 0.6) is 0 Å². The number of hydrogen-bond donors (Lipinski definition) is 2. The van der Waals surface area contributed by atoms with Crippen molar-refractivity contribution in [1.29, 1.82) is 0 Å². The number of aromatic nitrogens is 19. The molecule has 0 saturated carbocycles. The second-order valence-electron chi connectivity index (χ2n) is 41.6. The first-order valence-electron chi connectivity index (χ1n) is 51.8. The number of anilines is 3. The van der Waals surface area contributed by atoms with Gasteiger partial charge in [0.15, 0.2) is 24.8 Å². The van der Waals surface area contributed by atoms with Crippen LogP contribution in [0.4, 0.5) is 17.1 Å². The van der Waals surface area contributed by atoms with Gasteiger partial charge in [-0.25, -0.2) is 48.5 Å². The standard InChI is InChI=1S/2C23H27N7O.C23H26N5O.C22H25N7O.C22H24N5O/c1-13-6-18(28-9-14(2)24-15(3)10-28)12-29-22(31)8-19(26-23(13)29)20-7-21-17(5)25-16(4)11-30(21)27-20;1-14-8-18(28-7-6-27(5)16(3)12-28)13-29-22(31)10-19(25-23(14)29)20-9-21-17(4)24-15(2)11-30(21)26-20;1-3-26-9-6-17(7-10-26)19-4-5-21-25-20(13-23(29)28(21)15-19)18-8-11-27-14-16(2)24-22(27)12-18;1-13-7-17(27-6-5-23-14(2)10-27)12-28-21(30)9-18(25-22(13)28)19-8-20-16(4)24-15(3)11-29(20)26-19;1-15-13-26-10-7-17(11-21(26)23-15)19-12-22(28)27-14-18(3-4-20(27)24-19)16-5-8-25(2)9-6-16/h6-8,11-12,14-15,24H,9-10H2,1-5H3;8-11,13,16H,6-7,12H2,1-5H3;4-5,8,11-15,17,22H,3,6-7,9-10H2,1-2H3;7-9,11-12,14,23H,5-6,10H2,1-4H3;3-4,7,10-14,16,21H,5-6,8-9H2,1-2H3/q;;+1;;+1/t14-,15+;16-;;14-;/m.0.0./s1. The predicted octanol–water partition coefficient (Wildman–Crippen LogP) is 12.1. The van der Waals surface area contributed by atoms with Gasteiger partial charge in [-0.1, -0.05) is 19.1 Å². The van der Waals surface area contributed by atoms with E-state index in [9.17, 15) is 24.0 Å². The highest BCUT2D eigenvalue weighted by Crippen LogP contribution is 2.35. The summed E-state index contributed by atoms with van der Waals surface area (Å²) in [5.41, 5.74) is 28.7. The second-order valence-corrected chi connectivity index (χ2v) is 41.6. The lowest BCUT2D eigenvalue weighted by atomic mass is 9.90. The summed E-state index contributed by atoms with van der Waals surface area (Å²) in [6.45, 7) is 45.7. The minimum Gasteiger partial charge on any atom is -0.368 e. The number of allylic oxidation sites excluding steroid dienone is 4. The maximum atomic E-state index is 13.1. The van der Waals surface area contributed by atoms with E-state index in [-0.39, 0.29) is 40.1 Å². The molecule has 9 aliphatic heterocycles. The molecule has 0 aliphatic carbocycles. The molecule has 764 valence electrons. The number of pyridine rings is 5. The van der Waals surface area contributed by atoms with Crippen molar-refractivity contribution in [3.63, 3.8) is 0 Å². The molecule has 16 aromatic heterocycles. The summed E-state index contributed by atoms with van der Waals surface area (Å²) < 4.78 is 17.9. The molecular formula is C113H129N31O5+2. The fourth-order valence-electron chi connectivity index (χ4n) is 22.0. The summed E-state index contributed by atoms with van der Waals surface area (Å²) >= 11 is 0. The zero-order valence-electron chi connectivity index (χ0n) is 88.0. The van der Waals surface area contributed by atoms with E-state index < -0.39 is 0 Å². The largest absolute Gasteiger partial charge is 0.368 e. The first kappa shape index (κ1) is 99.5. The van der Waals surface area contributed by atoms with E-state index in [0.29, 0.717) is 110 Å². The van der Waals surface area contributed by atoms with Gasteiger partial charge in [0.1, 0.15) is 56.7 Å². The number of fused-ring (bicyclic) bond motifs is 10. The molecule has 0 spiro atoms. The molecular weight excluding hydrogens is 1870 g/mol. The van der Waals surface area contributed by atoms with E-state index >= 15 is 0 Å². The number of hydrogen-bond acceptors (Lipinski definition) is 26. The minimum absolute atomic E-state index is 0.0350. The smallest absolute Gasteiger partial charge is 0.271 e. The summed E-state index contributed by atoms with van der Waals surface area (Å²) in [5.74, 6) is 1.03. The molecule has 0 aromatic carbocycles. The molecule has 9 aliphatic rings. The van der Waals surface area contributed by atoms with Gasteiger partial charge in [0.05, 0.1) is 115 Å². The third kappa shape index (κ3) is 20.8. The Bertz CT molecular complexity index is 8650. The Morgan fingerprint density at radius 2 is 0.758 bits per heavy atom. The Morgan fingerprint density at radius 1 is 0.376 bits per heavy atom. The summed E-state index contributed by atoms with van der Waals surface area (Å²) in [6, 6.07) is 30.1. The number of aryl methyl sites for hydroxylation is 9. The van der Waals surface area contributed by atoms with Gasteiger partial charge in [-0.05, 0) is 265 Å². The Balaban J connectivity index is 0.000000109. The molecule has 6 atom stereocenters. The molecule has 5 saturated heterocycles. The van der Waals surface area contributed by atoms with Gasteiger partial charge >= 0.3 is 0 Å². The lowest BCUT2D eigenvalue weighted by molar-refractivity contribution is -0.476. The molecule has 25 rings (SSSR count). The summed E-state index contributed by atoms with van der Waals surface area (Å²) in [6.07, 6.45) is 36.0. The Morgan fingerprint density at radius 3 is 1.16 bits per heavy atom. The van der Waals surface area contributed by atoms with Crippen molar-refractivity contribution in [2.24, 2.45) is 9.98 Å². The molecule has 25 heterocycles. The van der Waals surface area contributed by atoms with Crippen molar-refractivity contribution in [2.45, 2.75) is 185 Å². The van der Waals surface area contributed by atoms with Crippen molar-refractivity contribution < 1.29 is 9.15 Å². The van der Waals surface area contributed by atoms with Crippen molar-refractivity contribution in [3.05, 3.63) is 302 Å². The highest BCUT2D eigenvalue weighted by Gasteiger charge is 2.33. The number of piperidine rings is 2. The van der Waals surface area contributed by atoms with Gasteiger partial charge in [-0.15, -0.1) is 0 Å². The number of nitrogens with one attached hydrogen (secondary N) is 2. The molecule has 0 bridgehead atoms. The predicted molar refractivity (Wildman–Crippen MR) is 588 cm³/mol. The van der Waals surface area contributed by atoms with Gasteiger partial charge in [0, 0.05) is 173 Å². The third-order valence-corrected chi connectivity index (χ3v) is 30.0. The minimum atomic E-state index is -0.107. The van der Waals surface area contributed by atoms with Crippen LogP contribution in [0, 0.1) is 62.3 Å². The van der Waals surface area contributed by atoms with E-state index in [0.717, 1.165) is 218 Å². The van der Waals surface area contributed by atoms with Crippen LogP contribution in [-0.4, -0.2) is 274 Å². The average molecular weight is 2000 g/mol. The van der Waals surface area contributed by atoms with Crippen LogP contribution >= 0.6 is 0 Å². The summed E-state index contributed by atoms with van der Waals surface area (Å²) in [5, 5.41) is 20.9. The van der Waals surface area contributed by atoms with Crippen LogP contribution in [0.1, 0.15) is 159 Å². The van der Waals surface area contributed by atoms with Crippen molar-refractivity contribution in [2.75, 3.05) is 114 Å². The van der Waals surface area contributed by atoms with Gasteiger partial charge in [-0.3, -0.25) is 60.9 Å². The highest BCUT2D eigenvalue weighted by atomic mass is 16.1. The number of likely N-dealkylation sites (tertiary alicyclic amines) is 2. The van der Waals surface area contributed by atoms with E-state index in [4.69, 9.17) is 24.9 Å². The molecule has 2 N–H and O–H groups in total. The highest BCUT2D eigenvalue weighted by molar-refractivity contribution is 6.29. The van der Waals surface area contributed by atoms with Crippen LogP contribution in [0.3, 0.4) is 0 Å². The zero-order valence-corrected chi connectivity index (χ0v) is 88.0. The molecule has 149 heavy (non-hydrogen) atoms. The number of piperazine rings is 3. The number of aliphatic imine (C=N–C) groups is 2. The molecule has 0 amide bonds. The Hall–Kier alpha value is -15.5. The summed E-state index contributed by atoms with van der Waals surface area (Å²) in [7, 11) is 4.32. The molecule has 16 aromatic rings. The van der Waals surface area contributed by atoms with Gasteiger partial charge < -0.3 is 40.0 Å². The second kappa shape index (κ2) is 41.0. The zero-order chi connectivity index (χ0) is 104. The molecule has 36 heteroatoms. The van der Waals surface area contributed by atoms with E-state index in [1.54, 1.807) is 65.9 Å². The summed E-state index contributed by atoms with van der Waals surface area (Å²) in [4.78, 5) is 126. The Labute approximate surface area is 862 Å². The van der Waals surface area contributed by atoms with E-state index in [2.05, 4.69) is 181 Å². The number of rotatable bonds is 11. The van der Waals surface area contributed by atoms with Crippen molar-refractivity contribution in [3.8, 4) is 34.2 Å². The van der Waals surface area contributed by atoms with E-state index in [1.807, 2.05) is 193 Å². The Kier molecular flexibility index (Phi) is 27.3. The van der Waals surface area contributed by atoms with E-state index in [1.165, 1.54) is 11.1 Å². The molecule has 36 nitrogen and oxygen atoms in total. The van der Waals surface area contributed by atoms with Gasteiger partial charge in [0.2, 0.25) is 0 Å². The maximum absolute atomic E-state index is 13.1. The van der Waals surface area contributed by atoms with Crippen molar-refractivity contribution in [1.82, 2.24) is 116 Å². The lowest BCUT2D eigenvalue weighted by Crippen LogP contribution is -2.54. The average Bonchev–Trinajstić information content (AvgIpc) is 1.72. The van der Waals surface area contributed by atoms with Crippen LogP contribution in [0.15, 0.2) is 211 Å². The van der Waals surface area contributed by atoms with Crippen LogP contribution in [0.2, 0.25) is 0 Å². The molecule has 2 unspecified atom stereocenters. The first-order valence-corrected chi connectivity index (χ1v) is 51.8. The monoisotopic (exact) mass is 2000 g/mol. The lowest BCUT2D eigenvalue weighted by Gasteiger charge is -2.39. The fourth-order valence-corrected chi connectivity index (χ4v) is 22.0. The quantitative estimate of drug-likeness (QED) is 0.114. The van der Waals surface area contributed by atoms with Crippen LogP contribution < -0.4 is 53.1 Å². The third-order valence-electron chi connectivity index (χ3n) is 30.0. The van der Waals surface area contributed by atoms with Crippen LogP contribution in [-0.2, 0) is 0 Å². The van der Waals surface area contributed by atoms with Gasteiger partial charge in [0.25, 0.3) is 40.1 Å². The normalized spacial score (nSPS) is 19.8. The number of likely N-dealkylation sites (N-methyl/N-ethyl adjacent to an activating group) is 1.